The smallest absolute Gasteiger partial charge is 0.307 e. The molecule has 5 nitrogen and oxygen atoms in total. The van der Waals surface area contributed by atoms with Gasteiger partial charge in [0.15, 0.2) is 0 Å². The minimum absolute atomic E-state index is 0.0339. The van der Waals surface area contributed by atoms with Crippen LogP contribution in [0.1, 0.15) is 35.8 Å². The third-order valence-corrected chi connectivity index (χ3v) is 6.31. The van der Waals surface area contributed by atoms with Crippen LogP contribution in [0.25, 0.3) is 0 Å². The lowest BCUT2D eigenvalue weighted by atomic mass is 9.62. The van der Waals surface area contributed by atoms with E-state index >= 15 is 0 Å². The van der Waals surface area contributed by atoms with Gasteiger partial charge < -0.3 is 10.4 Å². The van der Waals surface area contributed by atoms with E-state index in [-0.39, 0.29) is 17.7 Å². The molecule has 0 aromatic carbocycles. The van der Waals surface area contributed by atoms with Gasteiger partial charge in [0, 0.05) is 4.88 Å². The van der Waals surface area contributed by atoms with Crippen LogP contribution in [0.15, 0.2) is 12.2 Å². The zero-order chi connectivity index (χ0) is 17.4. The Morgan fingerprint density at radius 3 is 2.46 bits per heavy atom. The predicted molar refractivity (Wildman–Crippen MR) is 91.7 cm³/mol. The summed E-state index contributed by atoms with van der Waals surface area (Å²) in [6, 6.07) is 2.18. The molecule has 0 spiro atoms. The Bertz CT molecular complexity index is 759. The molecule has 2 N–H and O–H groups in total. The number of carboxylic acid groups (broad SMARTS) is 1. The maximum Gasteiger partial charge on any atom is 0.307 e. The number of carboxylic acids is 1. The number of thiophene rings is 1. The van der Waals surface area contributed by atoms with Crippen molar-refractivity contribution in [3.8, 4) is 6.07 Å². The number of nitrogens with one attached hydrogen (secondary N) is 1. The molecule has 1 aromatic heterocycles. The van der Waals surface area contributed by atoms with E-state index in [2.05, 4.69) is 11.4 Å². The number of nitriles is 1. The van der Waals surface area contributed by atoms with Crippen LogP contribution < -0.4 is 5.32 Å². The van der Waals surface area contributed by atoms with Crippen LogP contribution in [0, 0.1) is 41.9 Å². The fourth-order valence-electron chi connectivity index (χ4n) is 4.09. The Hall–Kier alpha value is -2.13. The summed E-state index contributed by atoms with van der Waals surface area (Å²) in [6.07, 6.45) is 6.33. The van der Waals surface area contributed by atoms with Gasteiger partial charge in [0.1, 0.15) is 11.1 Å². The van der Waals surface area contributed by atoms with Crippen LogP contribution in [-0.4, -0.2) is 17.0 Å². The second-order valence-electron chi connectivity index (χ2n) is 6.48. The normalized spacial score (nSPS) is 27.7. The van der Waals surface area contributed by atoms with Crippen LogP contribution in [0.2, 0.25) is 0 Å². The summed E-state index contributed by atoms with van der Waals surface area (Å²) in [5.74, 6) is -2.53. The second-order valence-corrected chi connectivity index (χ2v) is 7.70. The van der Waals surface area contributed by atoms with Gasteiger partial charge >= 0.3 is 5.97 Å². The van der Waals surface area contributed by atoms with Crippen LogP contribution in [0.5, 0.6) is 0 Å². The number of rotatable bonds is 4. The number of allylic oxidation sites excluding steroid dienone is 2. The summed E-state index contributed by atoms with van der Waals surface area (Å²) < 4.78 is 0. The first-order chi connectivity index (χ1) is 11.5. The van der Waals surface area contributed by atoms with E-state index in [1.54, 1.807) is 0 Å². The van der Waals surface area contributed by atoms with Gasteiger partial charge in [-0.3, -0.25) is 9.59 Å². The summed E-state index contributed by atoms with van der Waals surface area (Å²) in [5.41, 5.74) is 1.47. The van der Waals surface area contributed by atoms with E-state index in [9.17, 15) is 20.0 Å². The van der Waals surface area contributed by atoms with E-state index in [1.807, 2.05) is 26.0 Å². The van der Waals surface area contributed by atoms with Crippen molar-refractivity contribution in [1.29, 1.82) is 5.26 Å². The van der Waals surface area contributed by atoms with Crippen LogP contribution in [0.3, 0.4) is 0 Å². The molecule has 1 amide bonds. The summed E-state index contributed by atoms with van der Waals surface area (Å²) in [6.45, 7) is 3.91. The van der Waals surface area contributed by atoms with Gasteiger partial charge in [-0.2, -0.15) is 5.26 Å². The average Bonchev–Trinajstić information content (AvgIpc) is 2.88. The fraction of sp³-hybridized carbons (Fsp3) is 0.500. The number of aliphatic carboxylic acids is 1. The lowest BCUT2D eigenvalue weighted by molar-refractivity contribution is -0.151. The molecule has 1 heterocycles. The first kappa shape index (κ1) is 16.7. The molecule has 3 aliphatic rings. The van der Waals surface area contributed by atoms with E-state index in [0.29, 0.717) is 10.6 Å². The third kappa shape index (κ3) is 2.63. The topological polar surface area (TPSA) is 90.2 Å². The summed E-state index contributed by atoms with van der Waals surface area (Å²) in [5, 5.41) is 22.4. The number of carbonyl (C=O) groups excluding carboxylic acids is 1. The molecule has 24 heavy (non-hydrogen) atoms. The molecule has 6 heteroatoms. The molecular weight excluding hydrogens is 324 g/mol. The molecule has 4 rings (SSSR count). The molecule has 1 fully saturated rings. The molecule has 4 atom stereocenters. The van der Waals surface area contributed by atoms with Crippen molar-refractivity contribution in [3.05, 3.63) is 28.2 Å². The zero-order valence-corrected chi connectivity index (χ0v) is 14.5. The van der Waals surface area contributed by atoms with Crippen molar-refractivity contribution in [2.45, 2.75) is 33.1 Å². The predicted octanol–water partition coefficient (Wildman–Crippen LogP) is 3.34. The number of hydrogen-bond acceptors (Lipinski definition) is 4. The van der Waals surface area contributed by atoms with Gasteiger partial charge in [-0.15, -0.1) is 11.3 Å². The highest BCUT2D eigenvalue weighted by atomic mass is 32.1. The van der Waals surface area contributed by atoms with E-state index in [0.717, 1.165) is 29.7 Å². The van der Waals surface area contributed by atoms with E-state index in [1.165, 1.54) is 11.3 Å². The number of fused-ring (bicyclic) bond motifs is 2. The van der Waals surface area contributed by atoms with Gasteiger partial charge in [-0.25, -0.2) is 0 Å². The van der Waals surface area contributed by atoms with Gasteiger partial charge in [0.25, 0.3) is 0 Å². The van der Waals surface area contributed by atoms with Crippen molar-refractivity contribution in [2.75, 3.05) is 5.32 Å². The first-order valence-electron chi connectivity index (χ1n) is 8.22. The van der Waals surface area contributed by atoms with Crippen molar-refractivity contribution in [2.24, 2.45) is 23.7 Å². The van der Waals surface area contributed by atoms with Gasteiger partial charge in [0.2, 0.25) is 5.91 Å². The number of nitrogens with zero attached hydrogens (tertiary/aromatic N) is 1. The van der Waals surface area contributed by atoms with E-state index < -0.39 is 17.8 Å². The molecule has 0 radical (unpaired) electrons. The maximum atomic E-state index is 12.8. The Morgan fingerprint density at radius 1 is 1.33 bits per heavy atom. The van der Waals surface area contributed by atoms with Gasteiger partial charge in [0.05, 0.1) is 17.4 Å². The van der Waals surface area contributed by atoms with Gasteiger partial charge in [-0.05, 0) is 43.6 Å². The molecule has 3 aliphatic carbocycles. The highest BCUT2D eigenvalue weighted by Crippen LogP contribution is 2.46. The Balaban J connectivity index is 1.89. The van der Waals surface area contributed by atoms with Gasteiger partial charge in [-0.1, -0.05) is 19.1 Å². The molecule has 2 bridgehead atoms. The molecule has 0 unspecified atom stereocenters. The molecule has 1 aromatic rings. The molecule has 0 saturated heterocycles. The van der Waals surface area contributed by atoms with Crippen LogP contribution in [0.4, 0.5) is 5.00 Å². The van der Waals surface area contributed by atoms with Crippen molar-refractivity contribution in [1.82, 2.24) is 0 Å². The highest BCUT2D eigenvalue weighted by Gasteiger charge is 2.48. The van der Waals surface area contributed by atoms with Crippen molar-refractivity contribution < 1.29 is 14.7 Å². The number of amides is 1. The highest BCUT2D eigenvalue weighted by molar-refractivity contribution is 7.16. The molecule has 0 aliphatic heterocycles. The fourth-order valence-corrected chi connectivity index (χ4v) is 5.19. The first-order valence-corrected chi connectivity index (χ1v) is 9.03. The Kier molecular flexibility index (Phi) is 4.46. The van der Waals surface area contributed by atoms with Crippen molar-refractivity contribution >= 4 is 28.2 Å². The van der Waals surface area contributed by atoms with Crippen molar-refractivity contribution in [3.63, 3.8) is 0 Å². The summed E-state index contributed by atoms with van der Waals surface area (Å²) >= 11 is 1.39. The molecule has 1 saturated carbocycles. The number of hydrogen-bond donors (Lipinski definition) is 2. The lowest BCUT2D eigenvalue weighted by Gasteiger charge is -2.41. The number of carbonyl (C=O) groups is 2. The minimum Gasteiger partial charge on any atom is -0.481 e. The van der Waals surface area contributed by atoms with Crippen LogP contribution >= 0.6 is 11.3 Å². The monoisotopic (exact) mass is 344 g/mol. The summed E-state index contributed by atoms with van der Waals surface area (Å²) in [4.78, 5) is 25.5. The SMILES string of the molecule is CCc1c(C)sc(NC(=O)[C@H]2[C@H](C(=O)O)[C@H]3C=C[C@H]2CC3)c1C#N. The minimum atomic E-state index is -0.911. The Morgan fingerprint density at radius 2 is 1.96 bits per heavy atom. The largest absolute Gasteiger partial charge is 0.481 e. The zero-order valence-electron chi connectivity index (χ0n) is 13.7. The third-order valence-electron chi connectivity index (χ3n) is 5.25. The maximum absolute atomic E-state index is 12.8. The van der Waals surface area contributed by atoms with E-state index in [4.69, 9.17) is 0 Å². The Labute approximate surface area is 145 Å². The number of anilines is 1. The summed E-state index contributed by atoms with van der Waals surface area (Å²) in [7, 11) is 0. The quantitative estimate of drug-likeness (QED) is 0.820. The standard InChI is InChI=1S/C18H20N2O3S/c1-3-12-9(2)24-17(13(12)8-19)20-16(21)14-10-4-6-11(7-5-10)15(14)18(22)23/h4,6,10-11,14-15H,3,5,7H2,1-2H3,(H,20,21)(H,22,23)/t10-,11-,14+,15+/m0/s1. The number of aryl methyl sites for hydroxylation is 1. The molecular formula is C18H20N2O3S. The molecule has 126 valence electrons. The second kappa shape index (κ2) is 6.40. The van der Waals surface area contributed by atoms with Crippen LogP contribution in [-0.2, 0) is 16.0 Å². The lowest BCUT2D eigenvalue weighted by Crippen LogP contribution is -2.47. The average molecular weight is 344 g/mol.